The molecule has 2 N–H and O–H groups in total. The lowest BCUT2D eigenvalue weighted by molar-refractivity contribution is -0.384. The van der Waals surface area contributed by atoms with Gasteiger partial charge in [-0.25, -0.2) is 0 Å². The summed E-state index contributed by atoms with van der Waals surface area (Å²) in [5, 5.41) is 16.5. The third-order valence-corrected chi connectivity index (χ3v) is 2.55. The number of nitrogens with one attached hydrogen (secondary N) is 2. The highest BCUT2D eigenvalue weighted by Crippen LogP contribution is 2.34. The van der Waals surface area contributed by atoms with Crippen LogP contribution in [0.5, 0.6) is 5.75 Å². The largest absolute Gasteiger partial charge is 0.487 e. The van der Waals surface area contributed by atoms with Gasteiger partial charge in [0.1, 0.15) is 5.69 Å². The number of ether oxygens (including phenoxy) is 2. The first-order valence-corrected chi connectivity index (χ1v) is 6.49. The van der Waals surface area contributed by atoms with Gasteiger partial charge in [-0.05, 0) is 19.1 Å². The third-order valence-electron chi connectivity index (χ3n) is 2.55. The summed E-state index contributed by atoms with van der Waals surface area (Å²) in [7, 11) is 1.53. The molecule has 21 heavy (non-hydrogen) atoms. The maximum absolute atomic E-state index is 11.6. The Labute approximate surface area is 122 Å². The van der Waals surface area contributed by atoms with Crippen molar-refractivity contribution in [1.82, 2.24) is 5.32 Å². The van der Waals surface area contributed by atoms with Crippen LogP contribution in [0.1, 0.15) is 6.92 Å². The minimum Gasteiger partial charge on any atom is -0.487 e. The number of carbonyl (C=O) groups is 1. The number of benzene rings is 1. The molecule has 0 spiro atoms. The molecule has 0 fully saturated rings. The van der Waals surface area contributed by atoms with Crippen LogP contribution in [0.25, 0.3) is 0 Å². The van der Waals surface area contributed by atoms with Gasteiger partial charge in [0.15, 0.2) is 5.75 Å². The summed E-state index contributed by atoms with van der Waals surface area (Å²) in [5.74, 6) is -0.101. The van der Waals surface area contributed by atoms with E-state index in [0.29, 0.717) is 19.8 Å². The van der Waals surface area contributed by atoms with E-state index in [2.05, 4.69) is 10.6 Å². The fourth-order valence-corrected chi connectivity index (χ4v) is 1.66. The molecule has 1 aromatic rings. The Bertz CT molecular complexity index is 493. The summed E-state index contributed by atoms with van der Waals surface area (Å²) in [6.45, 7) is 2.79. The molecule has 116 valence electrons. The number of anilines is 1. The lowest BCUT2D eigenvalue weighted by Gasteiger charge is -2.10. The van der Waals surface area contributed by atoms with Crippen molar-refractivity contribution in [3.63, 3.8) is 0 Å². The second-order valence-corrected chi connectivity index (χ2v) is 4.04. The van der Waals surface area contributed by atoms with Gasteiger partial charge in [0.05, 0.1) is 24.7 Å². The standard InChI is InChI=1S/C13H19N3O5/c1-3-21-11-6-4-5-10(13(11)16(18)19)15-9-12(17)14-7-8-20-2/h4-6,15H,3,7-9H2,1-2H3,(H,14,17). The van der Waals surface area contributed by atoms with Crippen LogP contribution < -0.4 is 15.4 Å². The number of nitrogens with zero attached hydrogens (tertiary/aromatic N) is 1. The van der Waals surface area contributed by atoms with Gasteiger partial charge in [-0.15, -0.1) is 0 Å². The molecule has 0 saturated heterocycles. The predicted octanol–water partition coefficient (Wildman–Crippen LogP) is 1.17. The molecule has 0 radical (unpaired) electrons. The maximum Gasteiger partial charge on any atom is 0.333 e. The Hall–Kier alpha value is -2.35. The van der Waals surface area contributed by atoms with Gasteiger partial charge in [0, 0.05) is 13.7 Å². The monoisotopic (exact) mass is 297 g/mol. The van der Waals surface area contributed by atoms with E-state index in [0.717, 1.165) is 0 Å². The molecule has 1 aromatic carbocycles. The number of carbonyl (C=O) groups excluding carboxylic acids is 1. The zero-order chi connectivity index (χ0) is 15.7. The molecular formula is C13H19N3O5. The molecule has 0 unspecified atom stereocenters. The number of methoxy groups -OCH3 is 1. The van der Waals surface area contributed by atoms with Gasteiger partial charge in [0.25, 0.3) is 0 Å². The first-order chi connectivity index (χ1) is 10.1. The van der Waals surface area contributed by atoms with Gasteiger partial charge in [-0.3, -0.25) is 14.9 Å². The first-order valence-electron chi connectivity index (χ1n) is 6.49. The van der Waals surface area contributed by atoms with E-state index >= 15 is 0 Å². The van der Waals surface area contributed by atoms with E-state index in [1.54, 1.807) is 13.0 Å². The number of nitro groups is 1. The van der Waals surface area contributed by atoms with Gasteiger partial charge >= 0.3 is 5.69 Å². The zero-order valence-corrected chi connectivity index (χ0v) is 12.0. The molecular weight excluding hydrogens is 278 g/mol. The molecule has 0 aromatic heterocycles. The number of hydrogen-bond donors (Lipinski definition) is 2. The summed E-state index contributed by atoms with van der Waals surface area (Å²) < 4.78 is 10.0. The molecule has 0 aliphatic heterocycles. The van der Waals surface area contributed by atoms with Crippen molar-refractivity contribution in [1.29, 1.82) is 0 Å². The van der Waals surface area contributed by atoms with Gasteiger partial charge in [-0.1, -0.05) is 6.07 Å². The minimum atomic E-state index is -0.532. The number of nitro benzene ring substituents is 1. The molecule has 0 heterocycles. The van der Waals surface area contributed by atoms with Gasteiger partial charge in [0.2, 0.25) is 5.91 Å². The van der Waals surface area contributed by atoms with Crippen molar-refractivity contribution in [3.05, 3.63) is 28.3 Å². The van der Waals surface area contributed by atoms with Crippen molar-refractivity contribution in [2.75, 3.05) is 38.7 Å². The average molecular weight is 297 g/mol. The average Bonchev–Trinajstić information content (AvgIpc) is 2.45. The van der Waals surface area contributed by atoms with Crippen molar-refractivity contribution >= 4 is 17.3 Å². The van der Waals surface area contributed by atoms with Gasteiger partial charge in [-0.2, -0.15) is 0 Å². The van der Waals surface area contributed by atoms with Crippen LogP contribution in [0.2, 0.25) is 0 Å². The highest BCUT2D eigenvalue weighted by molar-refractivity contribution is 5.82. The van der Waals surface area contributed by atoms with Gasteiger partial charge < -0.3 is 20.1 Å². The van der Waals surface area contributed by atoms with Crippen LogP contribution in [-0.4, -0.2) is 44.2 Å². The summed E-state index contributed by atoms with van der Waals surface area (Å²) in [6.07, 6.45) is 0. The second kappa shape index (κ2) is 8.75. The topological polar surface area (TPSA) is 103 Å². The van der Waals surface area contributed by atoms with Crippen molar-refractivity contribution in [2.45, 2.75) is 6.92 Å². The summed E-state index contributed by atoms with van der Waals surface area (Å²) in [5.41, 5.74) is 0.0666. The molecule has 0 saturated carbocycles. The molecule has 1 amide bonds. The molecule has 0 aliphatic rings. The zero-order valence-electron chi connectivity index (χ0n) is 12.0. The quantitative estimate of drug-likeness (QED) is 0.403. The maximum atomic E-state index is 11.6. The van der Waals surface area contributed by atoms with Crippen LogP contribution in [0.15, 0.2) is 18.2 Å². The van der Waals surface area contributed by atoms with Crippen molar-refractivity contribution < 1.29 is 19.2 Å². The molecule has 8 heteroatoms. The normalized spacial score (nSPS) is 10.0. The van der Waals surface area contributed by atoms with Crippen LogP contribution in [0, 0.1) is 10.1 Å². The highest BCUT2D eigenvalue weighted by Gasteiger charge is 2.21. The Morgan fingerprint density at radius 2 is 2.19 bits per heavy atom. The van der Waals surface area contributed by atoms with Crippen LogP contribution in [-0.2, 0) is 9.53 Å². The van der Waals surface area contributed by atoms with E-state index in [1.807, 2.05) is 0 Å². The van der Waals surface area contributed by atoms with E-state index in [1.165, 1.54) is 19.2 Å². The van der Waals surface area contributed by atoms with E-state index in [4.69, 9.17) is 9.47 Å². The predicted molar refractivity (Wildman–Crippen MR) is 77.6 cm³/mol. The summed E-state index contributed by atoms with van der Waals surface area (Å²) >= 11 is 0. The van der Waals surface area contributed by atoms with E-state index in [-0.39, 0.29) is 29.6 Å². The number of rotatable bonds is 9. The third kappa shape index (κ3) is 5.27. The Morgan fingerprint density at radius 1 is 1.43 bits per heavy atom. The Balaban J connectivity index is 2.72. The fraction of sp³-hybridized carbons (Fsp3) is 0.462. The van der Waals surface area contributed by atoms with Crippen LogP contribution >= 0.6 is 0 Å². The first kappa shape index (κ1) is 16.7. The van der Waals surface area contributed by atoms with E-state index < -0.39 is 4.92 Å². The van der Waals surface area contributed by atoms with Crippen LogP contribution in [0.3, 0.4) is 0 Å². The molecule has 0 bridgehead atoms. The SMILES string of the molecule is CCOc1cccc(NCC(=O)NCCOC)c1[N+](=O)[O-]. The molecule has 8 nitrogen and oxygen atoms in total. The minimum absolute atomic E-state index is 0.0693. The lowest BCUT2D eigenvalue weighted by atomic mass is 10.2. The number of hydrogen-bond acceptors (Lipinski definition) is 6. The lowest BCUT2D eigenvalue weighted by Crippen LogP contribution is -2.32. The van der Waals surface area contributed by atoms with E-state index in [9.17, 15) is 14.9 Å². The highest BCUT2D eigenvalue weighted by atomic mass is 16.6. The van der Waals surface area contributed by atoms with Crippen LogP contribution in [0.4, 0.5) is 11.4 Å². The Kier molecular flexibility index (Phi) is 6.96. The van der Waals surface area contributed by atoms with Crippen molar-refractivity contribution in [3.8, 4) is 5.75 Å². The van der Waals surface area contributed by atoms with Crippen molar-refractivity contribution in [2.24, 2.45) is 0 Å². The fourth-order valence-electron chi connectivity index (χ4n) is 1.66. The molecule has 0 atom stereocenters. The number of amides is 1. The molecule has 0 aliphatic carbocycles. The second-order valence-electron chi connectivity index (χ2n) is 4.04. The smallest absolute Gasteiger partial charge is 0.333 e. The molecule has 1 rings (SSSR count). The summed E-state index contributed by atoms with van der Waals surface area (Å²) in [4.78, 5) is 22.2. The number of para-hydroxylation sites is 1. The summed E-state index contributed by atoms with van der Waals surface area (Å²) in [6, 6.07) is 4.68. The Morgan fingerprint density at radius 3 is 2.81 bits per heavy atom.